The zero-order valence-corrected chi connectivity index (χ0v) is 16.4. The molecule has 0 aliphatic carbocycles. The van der Waals surface area contributed by atoms with Crippen molar-refractivity contribution in [1.82, 2.24) is 0 Å². The number of benzene rings is 1. The summed E-state index contributed by atoms with van der Waals surface area (Å²) in [6.07, 6.45) is 7.44. The van der Waals surface area contributed by atoms with Crippen molar-refractivity contribution >= 4 is 7.82 Å². The van der Waals surface area contributed by atoms with Crippen molar-refractivity contribution < 1.29 is 43.8 Å². The molecule has 1 aromatic carbocycles. The molecule has 0 amide bonds. The molecule has 0 radical (unpaired) electrons. The maximum Gasteiger partial charge on any atom is 0.469 e. The molecule has 0 aliphatic rings. The molecule has 0 aromatic heterocycles. The summed E-state index contributed by atoms with van der Waals surface area (Å²) in [6.45, 7) is 1.82. The lowest BCUT2D eigenvalue weighted by atomic mass is 10.1. The molecule has 10 heteroatoms. The highest BCUT2D eigenvalue weighted by Crippen LogP contribution is 2.36. The van der Waals surface area contributed by atoms with Crippen LogP contribution >= 0.6 is 7.82 Å². The van der Waals surface area contributed by atoms with E-state index in [1.54, 1.807) is 24.3 Å². The molecule has 0 spiro atoms. The largest absolute Gasteiger partial charge is 0.469 e. The maximum absolute atomic E-state index is 10.8. The predicted molar refractivity (Wildman–Crippen MR) is 95.8 cm³/mol. The summed E-state index contributed by atoms with van der Waals surface area (Å²) >= 11 is 0. The minimum atomic E-state index is -4.59. The normalized spacial score (nSPS) is 12.9. The van der Waals surface area contributed by atoms with Gasteiger partial charge in [-0.15, -0.1) is 0 Å². The van der Waals surface area contributed by atoms with Crippen molar-refractivity contribution in [2.45, 2.75) is 64.4 Å². The molecular weight excluding hydrogens is 379 g/mol. The van der Waals surface area contributed by atoms with Crippen LogP contribution in [0.3, 0.4) is 0 Å². The molecule has 0 heterocycles. The van der Waals surface area contributed by atoms with Gasteiger partial charge in [0.2, 0.25) is 0 Å². The Bertz CT molecular complexity index is 508. The predicted octanol–water partition coefficient (Wildman–Crippen LogP) is 4.41. The quantitative estimate of drug-likeness (QED) is 0.167. The molecule has 0 aliphatic heterocycles. The maximum atomic E-state index is 10.8. The average Bonchev–Trinajstić information content (AvgIpc) is 2.64. The Labute approximate surface area is 159 Å². The van der Waals surface area contributed by atoms with E-state index in [1.165, 1.54) is 25.7 Å². The zero-order chi connectivity index (χ0) is 19.8. The standard InChI is InChI=1S/C17H29O9P/c1-2-3-4-5-6-7-9-14-17(15-21-27(18,19)20)23-25-26-24-22-16-12-10-8-11-13-16/h8,10-13,17H,2-7,9,14-15H2,1H3,(H2,18,19,20). The van der Waals surface area contributed by atoms with Crippen molar-refractivity contribution in [3.63, 3.8) is 0 Å². The molecule has 1 unspecified atom stereocenters. The second-order valence-electron chi connectivity index (χ2n) is 6.02. The fourth-order valence-electron chi connectivity index (χ4n) is 2.28. The first kappa shape index (κ1) is 24.0. The van der Waals surface area contributed by atoms with Gasteiger partial charge in [-0.1, -0.05) is 70.1 Å². The summed E-state index contributed by atoms with van der Waals surface area (Å²) in [6, 6.07) is 8.58. The minimum Gasteiger partial charge on any atom is -0.306 e. The SMILES string of the molecule is CCCCCCCCCC(COP(=O)(O)O)OOOOOc1ccccc1. The van der Waals surface area contributed by atoms with E-state index in [-0.39, 0.29) is 6.61 Å². The Morgan fingerprint density at radius 2 is 1.59 bits per heavy atom. The van der Waals surface area contributed by atoms with Crippen molar-refractivity contribution in [3.8, 4) is 5.75 Å². The molecule has 0 bridgehead atoms. The molecule has 0 fully saturated rings. The van der Waals surface area contributed by atoms with Gasteiger partial charge in [0.05, 0.1) is 6.61 Å². The molecule has 1 rings (SSSR count). The van der Waals surface area contributed by atoms with E-state index in [1.807, 2.05) is 6.07 Å². The summed E-state index contributed by atoms with van der Waals surface area (Å²) < 4.78 is 15.3. The molecular formula is C17H29O9P. The molecule has 1 atom stereocenters. The van der Waals surface area contributed by atoms with E-state index < -0.39 is 13.9 Å². The van der Waals surface area contributed by atoms with Crippen molar-refractivity contribution in [1.29, 1.82) is 0 Å². The number of hydrogen-bond acceptors (Lipinski definition) is 7. The van der Waals surface area contributed by atoms with E-state index in [0.29, 0.717) is 12.2 Å². The summed E-state index contributed by atoms with van der Waals surface area (Å²) in [5.41, 5.74) is 0. The smallest absolute Gasteiger partial charge is 0.306 e. The molecule has 2 N–H and O–H groups in total. The average molecular weight is 408 g/mol. The first-order chi connectivity index (χ1) is 13.0. The zero-order valence-electron chi connectivity index (χ0n) is 15.5. The number of rotatable bonds is 17. The lowest BCUT2D eigenvalue weighted by molar-refractivity contribution is -0.696. The highest BCUT2D eigenvalue weighted by atomic mass is 31.2. The molecule has 27 heavy (non-hydrogen) atoms. The van der Waals surface area contributed by atoms with Gasteiger partial charge in [0.1, 0.15) is 6.10 Å². The second kappa shape index (κ2) is 15.0. The van der Waals surface area contributed by atoms with Crippen LogP contribution in [0, 0.1) is 0 Å². The van der Waals surface area contributed by atoms with Crippen LogP contribution < -0.4 is 4.89 Å². The highest BCUT2D eigenvalue weighted by Gasteiger charge is 2.20. The third-order valence-corrected chi connectivity index (χ3v) is 4.15. The van der Waals surface area contributed by atoms with Gasteiger partial charge in [0.25, 0.3) is 0 Å². The van der Waals surface area contributed by atoms with E-state index in [9.17, 15) is 4.57 Å². The van der Waals surface area contributed by atoms with E-state index in [2.05, 4.69) is 26.6 Å². The molecule has 156 valence electrons. The number of phosphoric ester groups is 1. The van der Waals surface area contributed by atoms with Crippen LogP contribution in [0.25, 0.3) is 0 Å². The van der Waals surface area contributed by atoms with Crippen LogP contribution in [0.5, 0.6) is 5.75 Å². The van der Waals surface area contributed by atoms with Crippen LogP contribution in [-0.2, 0) is 29.1 Å². The first-order valence-electron chi connectivity index (χ1n) is 9.09. The molecule has 0 saturated carbocycles. The van der Waals surface area contributed by atoms with Crippen molar-refractivity contribution in [2.75, 3.05) is 6.61 Å². The summed E-state index contributed by atoms with van der Waals surface area (Å²) in [7, 11) is -4.59. The Morgan fingerprint density at radius 1 is 0.926 bits per heavy atom. The lowest BCUT2D eigenvalue weighted by Gasteiger charge is -2.15. The van der Waals surface area contributed by atoms with E-state index in [4.69, 9.17) is 19.6 Å². The number of para-hydroxylation sites is 1. The fraction of sp³-hybridized carbons (Fsp3) is 0.647. The first-order valence-corrected chi connectivity index (χ1v) is 10.6. The van der Waals surface area contributed by atoms with Gasteiger partial charge in [0, 0.05) is 10.1 Å². The van der Waals surface area contributed by atoms with Crippen LogP contribution in [0.1, 0.15) is 58.3 Å². The van der Waals surface area contributed by atoms with Crippen molar-refractivity contribution in [3.05, 3.63) is 30.3 Å². The van der Waals surface area contributed by atoms with Crippen LogP contribution in [0.4, 0.5) is 0 Å². The number of phosphoric acid groups is 1. The molecule has 0 saturated heterocycles. The minimum absolute atomic E-state index is 0.344. The second-order valence-corrected chi connectivity index (χ2v) is 7.25. The Kier molecular flexibility index (Phi) is 13.3. The van der Waals surface area contributed by atoms with E-state index >= 15 is 0 Å². The van der Waals surface area contributed by atoms with Gasteiger partial charge < -0.3 is 14.7 Å². The van der Waals surface area contributed by atoms with Gasteiger partial charge in [-0.05, 0) is 23.6 Å². The third-order valence-electron chi connectivity index (χ3n) is 3.66. The summed E-state index contributed by atoms with van der Waals surface area (Å²) in [4.78, 5) is 27.3. The van der Waals surface area contributed by atoms with E-state index in [0.717, 1.165) is 19.3 Å². The Balaban J connectivity index is 2.19. The van der Waals surface area contributed by atoms with Crippen molar-refractivity contribution in [2.24, 2.45) is 0 Å². The summed E-state index contributed by atoms with van der Waals surface area (Å²) in [5.74, 6) is 0.394. The lowest BCUT2D eigenvalue weighted by Crippen LogP contribution is -2.20. The summed E-state index contributed by atoms with van der Waals surface area (Å²) in [5, 5.41) is 13.0. The van der Waals surface area contributed by atoms with Gasteiger partial charge in [-0.2, -0.15) is 4.89 Å². The Morgan fingerprint density at radius 3 is 2.26 bits per heavy atom. The van der Waals surface area contributed by atoms with Crippen LogP contribution in [0.15, 0.2) is 30.3 Å². The van der Waals surface area contributed by atoms with Gasteiger partial charge in [-0.25, -0.2) is 4.57 Å². The van der Waals surface area contributed by atoms with Crippen LogP contribution in [0.2, 0.25) is 0 Å². The van der Waals surface area contributed by atoms with Gasteiger partial charge in [-0.3, -0.25) is 4.52 Å². The number of hydrogen-bond donors (Lipinski definition) is 2. The Hall–Kier alpha value is -1.03. The topological polar surface area (TPSA) is 113 Å². The third kappa shape index (κ3) is 14.7. The fourth-order valence-corrected chi connectivity index (χ4v) is 2.64. The van der Waals surface area contributed by atoms with Gasteiger partial charge in [0.15, 0.2) is 5.75 Å². The molecule has 1 aromatic rings. The highest BCUT2D eigenvalue weighted by molar-refractivity contribution is 7.46. The monoisotopic (exact) mass is 408 g/mol. The molecule has 9 nitrogen and oxygen atoms in total. The van der Waals surface area contributed by atoms with Crippen LogP contribution in [-0.4, -0.2) is 22.5 Å². The van der Waals surface area contributed by atoms with Gasteiger partial charge >= 0.3 is 7.82 Å². The number of unbranched alkanes of at least 4 members (excludes halogenated alkanes) is 6.